The van der Waals surface area contributed by atoms with Crippen LogP contribution in [0.5, 0.6) is 0 Å². The van der Waals surface area contributed by atoms with E-state index in [1.165, 1.54) is 48.5 Å². The normalized spacial score (nSPS) is 16.3. The van der Waals surface area contributed by atoms with E-state index in [9.17, 15) is 0 Å². The molecule has 0 aliphatic heterocycles. The van der Waals surface area contributed by atoms with Crippen molar-refractivity contribution >= 4 is 43.1 Å². The molecule has 20 heteroatoms. The number of benzene rings is 14. The van der Waals surface area contributed by atoms with Gasteiger partial charge in [-0.25, -0.2) is 87.8 Å². The lowest BCUT2D eigenvalue weighted by molar-refractivity contribution is 0.381. The fourth-order valence-electron chi connectivity index (χ4n) is 19.3. The van der Waals surface area contributed by atoms with E-state index >= 15 is 87.8 Å². The highest BCUT2D eigenvalue weighted by molar-refractivity contribution is 6.14. The Balaban J connectivity index is 1.11. The topological polar surface area (TPSA) is 0 Å². The molecule has 0 fully saturated rings. The van der Waals surface area contributed by atoms with Crippen molar-refractivity contribution in [3.63, 3.8) is 0 Å². The molecule has 5 aliphatic carbocycles. The fraction of sp³-hybridized carbons (Fsp3) is 0.208. The van der Waals surface area contributed by atoms with E-state index in [4.69, 9.17) is 0 Å². The van der Waals surface area contributed by atoms with Gasteiger partial charge >= 0.3 is 0 Å². The second-order valence-electron chi connectivity index (χ2n) is 35.4. The second-order valence-corrected chi connectivity index (χ2v) is 35.4. The van der Waals surface area contributed by atoms with E-state index in [-0.39, 0.29) is 66.1 Å². The predicted molar refractivity (Wildman–Crippen MR) is 408 cm³/mol. The minimum Gasteiger partial charge on any atom is -0.203 e. The van der Waals surface area contributed by atoms with E-state index in [2.05, 4.69) is 0 Å². The van der Waals surface area contributed by atoms with Gasteiger partial charge < -0.3 is 0 Å². The highest BCUT2D eigenvalue weighted by atomic mass is 19.2. The van der Waals surface area contributed by atoms with Crippen molar-refractivity contribution in [2.75, 3.05) is 0 Å². The van der Waals surface area contributed by atoms with Crippen LogP contribution in [-0.4, -0.2) is 0 Å². The Kier molecular flexibility index (Phi) is 15.6. The molecule has 584 valence electrons. The van der Waals surface area contributed by atoms with Gasteiger partial charge in [0, 0.05) is 23.7 Å². The van der Waals surface area contributed by atoms with Gasteiger partial charge in [0.05, 0.1) is 22.3 Å². The van der Waals surface area contributed by atoms with Crippen molar-refractivity contribution in [2.24, 2.45) is 0 Å². The highest BCUT2D eigenvalue weighted by Crippen LogP contribution is 2.70. The summed E-state index contributed by atoms with van der Waals surface area (Å²) in [6.07, 6.45) is 0. The van der Waals surface area contributed by atoms with Crippen LogP contribution in [0.1, 0.15) is 174 Å². The van der Waals surface area contributed by atoms with Crippen molar-refractivity contribution in [1.29, 1.82) is 0 Å². The lowest BCUT2D eigenvalue weighted by atomic mass is 9.53. The zero-order chi connectivity index (χ0) is 82.8. The number of fused-ring (bicyclic) bond motifs is 10. The highest BCUT2D eigenvalue weighted by Gasteiger charge is 2.53. The smallest absolute Gasteiger partial charge is 0.200 e. The maximum absolute atomic E-state index is 17.3. The molecule has 0 saturated carbocycles. The Hall–Kier alpha value is -11.3. The molecule has 4 unspecified atom stereocenters. The molecule has 0 nitrogen and oxygen atoms in total. The number of hydrogen-bond acceptors (Lipinski definition) is 0. The van der Waals surface area contributed by atoms with Crippen LogP contribution in [0.3, 0.4) is 0 Å². The van der Waals surface area contributed by atoms with Crippen LogP contribution in [0.4, 0.5) is 87.8 Å². The minimum atomic E-state index is -2.49. The van der Waals surface area contributed by atoms with Gasteiger partial charge in [-0.05, 0) is 271 Å². The third-order valence-corrected chi connectivity index (χ3v) is 24.8. The maximum atomic E-state index is 17.3. The van der Waals surface area contributed by atoms with Crippen molar-refractivity contribution < 1.29 is 87.8 Å². The van der Waals surface area contributed by atoms with Gasteiger partial charge in [-0.1, -0.05) is 132 Å². The molecule has 0 radical (unpaired) electrons. The molecule has 0 spiro atoms. The van der Waals surface area contributed by atoms with Crippen LogP contribution in [0, 0.1) is 116 Å². The van der Waals surface area contributed by atoms with E-state index < -0.39 is 206 Å². The first-order valence-electron chi connectivity index (χ1n) is 37.3. The number of rotatable bonds is 4. The summed E-state index contributed by atoms with van der Waals surface area (Å²) in [5.41, 5.74) is -5.43. The van der Waals surface area contributed by atoms with Crippen LogP contribution in [0.15, 0.2) is 121 Å². The van der Waals surface area contributed by atoms with Crippen LogP contribution in [0.2, 0.25) is 0 Å². The van der Waals surface area contributed by atoms with Gasteiger partial charge in [-0.3, -0.25) is 0 Å². The summed E-state index contributed by atoms with van der Waals surface area (Å²) in [4.78, 5) is 0. The van der Waals surface area contributed by atoms with Gasteiger partial charge in [0.25, 0.3) is 0 Å². The van der Waals surface area contributed by atoms with Gasteiger partial charge in [0.1, 0.15) is 0 Å². The maximum Gasteiger partial charge on any atom is 0.200 e. The molecule has 0 N–H and O–H groups in total. The molecule has 0 bridgehead atoms. The molecule has 5 aliphatic rings. The molecular formula is C96H60F20. The lowest BCUT2D eigenvalue weighted by Crippen LogP contribution is -2.32. The summed E-state index contributed by atoms with van der Waals surface area (Å²) in [6, 6.07) is 31.4. The summed E-state index contributed by atoms with van der Waals surface area (Å²) in [5, 5.41) is 1.79. The van der Waals surface area contributed by atoms with Gasteiger partial charge in [0.2, 0.25) is 23.3 Å². The van der Waals surface area contributed by atoms with Gasteiger partial charge in [-0.15, -0.1) is 0 Å². The molecule has 0 aromatic heterocycles. The summed E-state index contributed by atoms with van der Waals surface area (Å²) >= 11 is 0. The van der Waals surface area contributed by atoms with Gasteiger partial charge in [0.15, 0.2) is 93.1 Å². The molecule has 14 aromatic rings. The van der Waals surface area contributed by atoms with Crippen molar-refractivity contribution in [3.05, 3.63) is 304 Å². The van der Waals surface area contributed by atoms with Crippen molar-refractivity contribution in [3.8, 4) is 89.0 Å². The van der Waals surface area contributed by atoms with E-state index in [0.717, 1.165) is 0 Å². The predicted octanol–water partition coefficient (Wildman–Crippen LogP) is 29.1. The third kappa shape index (κ3) is 9.96. The van der Waals surface area contributed by atoms with Gasteiger partial charge in [-0.2, -0.15) is 0 Å². The van der Waals surface area contributed by atoms with Crippen molar-refractivity contribution in [2.45, 2.75) is 128 Å². The fourth-order valence-corrected chi connectivity index (χ4v) is 19.3. The lowest BCUT2D eigenvalue weighted by Gasteiger charge is -2.49. The molecule has 0 amide bonds. The Morgan fingerprint density at radius 2 is 0.336 bits per heavy atom. The number of halogens is 20. The Morgan fingerprint density at radius 1 is 0.181 bits per heavy atom. The first-order valence-corrected chi connectivity index (χ1v) is 37.3. The summed E-state index contributed by atoms with van der Waals surface area (Å²) < 4.78 is 331. The molecule has 19 rings (SSSR count). The monoisotopic (exact) mass is 1590 g/mol. The Labute approximate surface area is 649 Å². The quantitative estimate of drug-likeness (QED) is 0.0936. The van der Waals surface area contributed by atoms with Crippen LogP contribution >= 0.6 is 0 Å². The SMILES string of the molecule is CC(C)(C)c1cc2c3c(cc(-c4c(F)c(F)c(F)c(F)c4F)cc3c1)C1c3c-2ccc2c3C(c3cc(-c4c(F)c(F)c(F)c(F)c4F)cc4cc(C(C)(C)C)cc-2c34)C2c3c(ccc4c3C1c1cc(-c3c(F)c(F)c(F)c(F)c3F)cc3cc(C(C)(C)C)cc-4c13)-c1cc(C(C)(C)C)cc3cc(-c4c(F)c(F)c(F)c(F)c4F)cc2c13. The molecule has 0 saturated heterocycles. The van der Waals surface area contributed by atoms with Crippen LogP contribution in [-0.2, 0) is 21.7 Å². The van der Waals surface area contributed by atoms with E-state index in [1.54, 1.807) is 48.5 Å². The molecule has 116 heavy (non-hydrogen) atoms. The minimum absolute atomic E-state index is 0.0598. The Bertz CT molecular complexity index is 6060. The summed E-state index contributed by atoms with van der Waals surface area (Å²) in [6.45, 7) is 22.1. The molecular weight excluding hydrogens is 1530 g/mol. The average Bonchev–Trinajstić information content (AvgIpc) is 0.659. The Morgan fingerprint density at radius 3 is 0.491 bits per heavy atom. The summed E-state index contributed by atoms with van der Waals surface area (Å²) in [7, 11) is 0. The zero-order valence-electron chi connectivity index (χ0n) is 63.4. The van der Waals surface area contributed by atoms with E-state index in [1.807, 2.05) is 107 Å². The summed E-state index contributed by atoms with van der Waals surface area (Å²) in [5.74, 6) is -52.7. The van der Waals surface area contributed by atoms with Crippen LogP contribution in [0.25, 0.3) is 132 Å². The standard InChI is InChI=1S/C96H60F20/c1-93(2,3)41-21-33-17-37(61-73(97)81(105)89(113)82(106)74(61)98)25-53-57(33)49(29-41)45-13-14-46-50-30-42(94(4,5)6)22-34-18-38(62-75(99)83(107)90(114)84(108)76(62)100)26-54(58(34)50)70-66(46)65(45)69(53)71-55-27-39(63-77(101)85(109)91(115)86(110)78(63)102)19-35-23-43(95(7,8)9)31-51(59(35)55)47-15-16-48-52-32-44(96(10,11)12)24-36-20-40(28-56(60(36)52)72(70)68(48)67(47)71)64-79(103)87(111)92(116)88(112)80(64)104/h13-32,69-72H,1-12H3. The number of hydrogen-bond donors (Lipinski definition) is 0. The second kappa shape index (κ2) is 24.2. The zero-order valence-corrected chi connectivity index (χ0v) is 63.4. The first-order chi connectivity index (χ1) is 54.4. The molecule has 4 atom stereocenters. The average molecular weight is 1590 g/mol. The van der Waals surface area contributed by atoms with E-state index in [0.29, 0.717) is 88.3 Å². The third-order valence-electron chi connectivity index (χ3n) is 24.8. The molecule has 0 heterocycles. The van der Waals surface area contributed by atoms with Crippen LogP contribution < -0.4 is 0 Å². The first kappa shape index (κ1) is 74.8. The molecule has 14 aromatic carbocycles. The van der Waals surface area contributed by atoms with Crippen molar-refractivity contribution in [1.82, 2.24) is 0 Å². The largest absolute Gasteiger partial charge is 0.203 e.